The van der Waals surface area contributed by atoms with Crippen LogP contribution in [0.5, 0.6) is 0 Å². The van der Waals surface area contributed by atoms with Gasteiger partial charge < -0.3 is 51.2 Å². The number of hydrogen-bond donors (Lipinski definition) is 8. The van der Waals surface area contributed by atoms with Crippen molar-refractivity contribution in [1.29, 1.82) is 0 Å². The molecule has 2 fully saturated rings. The van der Waals surface area contributed by atoms with Crippen molar-refractivity contribution in [2.75, 3.05) is 26.7 Å². The van der Waals surface area contributed by atoms with E-state index in [1.54, 1.807) is 0 Å². The van der Waals surface area contributed by atoms with Crippen LogP contribution >= 0.6 is 0 Å². The maximum atomic E-state index is 12.4. The molecular weight excluding hydrogens is 486 g/mol. The maximum Gasteiger partial charge on any atom is 0.330 e. The number of aliphatic hydroxyl groups excluding tert-OH is 4. The Morgan fingerprint density at radius 3 is 2.42 bits per heavy atom. The Labute approximate surface area is 204 Å². The lowest BCUT2D eigenvalue weighted by Gasteiger charge is -2.37. The fourth-order valence-electron chi connectivity index (χ4n) is 4.38. The molecule has 3 heterocycles. The Balaban J connectivity index is 1.97. The van der Waals surface area contributed by atoms with E-state index in [1.807, 2.05) is 4.98 Å². The molecule has 3 rings (SSSR count). The zero-order valence-corrected chi connectivity index (χ0v) is 19.5. The summed E-state index contributed by atoms with van der Waals surface area (Å²) in [5.74, 6) is -1.39. The number of hydrogen-bond acceptors (Lipinski definition) is 13. The van der Waals surface area contributed by atoms with Crippen LogP contribution in [0, 0.1) is 0 Å². The second kappa shape index (κ2) is 11.9. The Kier molecular flexibility index (Phi) is 9.33. The number of aliphatic hydroxyl groups is 4. The first-order chi connectivity index (χ1) is 17.0. The topological polar surface area (TPSA) is 256 Å². The highest BCUT2D eigenvalue weighted by molar-refractivity contribution is 5.74. The molecular formula is C20H33N5O11. The fraction of sp³-hybridized carbons (Fsp3) is 0.750. The van der Waals surface area contributed by atoms with Crippen molar-refractivity contribution < 1.29 is 44.5 Å². The van der Waals surface area contributed by atoms with E-state index in [4.69, 9.17) is 25.7 Å². The summed E-state index contributed by atoms with van der Waals surface area (Å²) < 4.78 is 17.8. The van der Waals surface area contributed by atoms with Gasteiger partial charge in [0.1, 0.15) is 48.8 Å². The molecule has 2 saturated heterocycles. The standard InChI is InChI=1S/C20H33N5O11/c1-24(5-2-4-21)10(18(31)32)15(36-19-14(30)11(27)8(7-22)34-19)16-12(28)13(29)17(35-16)25-6-3-9(26)23-20(25)33/h3,6,8,10-17,19,27-30H,2,4-5,7,21-22H2,1H3,(H,31,32)(H,23,26,33)/t8-,10+,11-,12+,13-,14-,15+,16+,17-,19?/m1/s1. The highest BCUT2D eigenvalue weighted by Gasteiger charge is 2.54. The normalized spacial score (nSPS) is 34.2. The van der Waals surface area contributed by atoms with Gasteiger partial charge in [0.05, 0.1) is 0 Å². The molecule has 1 unspecified atom stereocenters. The fourth-order valence-corrected chi connectivity index (χ4v) is 4.38. The van der Waals surface area contributed by atoms with E-state index in [2.05, 4.69) is 0 Å². The lowest BCUT2D eigenvalue weighted by atomic mass is 9.98. The number of nitrogens with zero attached hydrogens (tertiary/aromatic N) is 2. The zero-order valence-electron chi connectivity index (χ0n) is 19.5. The van der Waals surface area contributed by atoms with E-state index in [1.165, 1.54) is 11.9 Å². The van der Waals surface area contributed by atoms with E-state index in [9.17, 15) is 39.9 Å². The van der Waals surface area contributed by atoms with Gasteiger partial charge in [0, 0.05) is 18.8 Å². The Hall–Kier alpha value is -2.25. The predicted octanol–water partition coefficient (Wildman–Crippen LogP) is -5.32. The van der Waals surface area contributed by atoms with Crippen LogP contribution in [0.1, 0.15) is 12.6 Å². The Morgan fingerprint density at radius 2 is 1.86 bits per heavy atom. The van der Waals surface area contributed by atoms with Gasteiger partial charge in [-0.3, -0.25) is 24.0 Å². The number of nitrogens with two attached hydrogens (primary N) is 2. The molecule has 0 spiro atoms. The first kappa shape index (κ1) is 28.3. The van der Waals surface area contributed by atoms with E-state index in [0.29, 0.717) is 6.42 Å². The van der Waals surface area contributed by atoms with Gasteiger partial charge in [-0.25, -0.2) is 4.79 Å². The summed E-state index contributed by atoms with van der Waals surface area (Å²) in [5.41, 5.74) is 9.45. The summed E-state index contributed by atoms with van der Waals surface area (Å²) in [6, 6.07) is -0.512. The van der Waals surface area contributed by atoms with Crippen molar-refractivity contribution in [3.05, 3.63) is 33.1 Å². The number of aliphatic carboxylic acids is 1. The molecule has 10 N–H and O–H groups in total. The molecule has 10 atom stereocenters. The molecule has 16 heteroatoms. The van der Waals surface area contributed by atoms with Gasteiger partial charge in [-0.15, -0.1) is 0 Å². The van der Waals surface area contributed by atoms with Crippen LogP contribution in [0.25, 0.3) is 0 Å². The van der Waals surface area contributed by atoms with Gasteiger partial charge in [-0.1, -0.05) is 0 Å². The first-order valence-corrected chi connectivity index (χ1v) is 11.3. The molecule has 2 aliphatic rings. The molecule has 1 aromatic heterocycles. The molecule has 0 saturated carbocycles. The van der Waals surface area contributed by atoms with E-state index < -0.39 is 78.5 Å². The number of aromatic amines is 1. The molecule has 0 aliphatic carbocycles. The molecule has 0 radical (unpaired) electrons. The van der Waals surface area contributed by atoms with Crippen LogP contribution in [0.4, 0.5) is 0 Å². The van der Waals surface area contributed by atoms with Gasteiger partial charge in [-0.2, -0.15) is 0 Å². The molecule has 204 valence electrons. The number of rotatable bonds is 11. The summed E-state index contributed by atoms with van der Waals surface area (Å²) in [6.45, 7) is 0.291. The third-order valence-corrected chi connectivity index (χ3v) is 6.32. The van der Waals surface area contributed by atoms with E-state index in [0.717, 1.165) is 16.8 Å². The minimum Gasteiger partial charge on any atom is -0.480 e. The lowest BCUT2D eigenvalue weighted by Crippen LogP contribution is -2.57. The largest absolute Gasteiger partial charge is 0.480 e. The number of ether oxygens (including phenoxy) is 3. The van der Waals surface area contributed by atoms with Crippen LogP contribution < -0.4 is 22.7 Å². The van der Waals surface area contributed by atoms with E-state index >= 15 is 0 Å². The minimum absolute atomic E-state index is 0.167. The van der Waals surface area contributed by atoms with Crippen molar-refractivity contribution in [1.82, 2.24) is 14.5 Å². The number of aromatic nitrogens is 2. The molecule has 2 aliphatic heterocycles. The third kappa shape index (κ3) is 5.67. The smallest absolute Gasteiger partial charge is 0.330 e. The number of nitrogens with one attached hydrogen (secondary N) is 1. The van der Waals surface area contributed by atoms with Crippen molar-refractivity contribution >= 4 is 5.97 Å². The summed E-state index contributed by atoms with van der Waals surface area (Å²) in [4.78, 5) is 39.4. The third-order valence-electron chi connectivity index (χ3n) is 6.32. The Bertz CT molecular complexity index is 1000. The van der Waals surface area contributed by atoms with Crippen LogP contribution in [-0.4, -0.2) is 128 Å². The second-order valence-electron chi connectivity index (χ2n) is 8.76. The number of carbonyl (C=O) groups is 1. The van der Waals surface area contributed by atoms with Gasteiger partial charge in [0.25, 0.3) is 5.56 Å². The first-order valence-electron chi connectivity index (χ1n) is 11.3. The summed E-state index contributed by atoms with van der Waals surface area (Å²) >= 11 is 0. The molecule has 0 bridgehead atoms. The maximum absolute atomic E-state index is 12.4. The van der Waals surface area contributed by atoms with E-state index in [-0.39, 0.29) is 19.6 Å². The summed E-state index contributed by atoms with van der Waals surface area (Å²) in [5, 5.41) is 52.1. The number of H-pyrrole nitrogens is 1. The highest BCUT2D eigenvalue weighted by atomic mass is 16.7. The van der Waals surface area contributed by atoms with Crippen LogP contribution in [-0.2, 0) is 19.0 Å². The molecule has 0 aromatic carbocycles. The number of likely N-dealkylation sites (N-methyl/N-ethyl adjacent to an activating group) is 1. The molecule has 1 aromatic rings. The molecule has 16 nitrogen and oxygen atoms in total. The van der Waals surface area contributed by atoms with Crippen LogP contribution in [0.15, 0.2) is 21.9 Å². The van der Waals surface area contributed by atoms with Crippen molar-refractivity contribution in [3.63, 3.8) is 0 Å². The lowest BCUT2D eigenvalue weighted by molar-refractivity contribution is -0.234. The quantitative estimate of drug-likeness (QED) is 0.136. The number of carboxylic acids is 1. The average molecular weight is 520 g/mol. The monoisotopic (exact) mass is 519 g/mol. The SMILES string of the molecule is CN(CCCN)[C@H](C(=O)O)[C@H](OC1O[C@H](CN)[C@@H](O)[C@H]1O)[C@H]1O[C@@H](n2ccc(=O)[nH]c2=O)[C@H](O)[C@@H]1O. The van der Waals surface area contributed by atoms with Gasteiger partial charge >= 0.3 is 11.7 Å². The highest BCUT2D eigenvalue weighted by Crippen LogP contribution is 2.35. The zero-order chi connectivity index (χ0) is 26.7. The number of carboxylic acid groups (broad SMARTS) is 1. The average Bonchev–Trinajstić information content (AvgIpc) is 3.27. The van der Waals surface area contributed by atoms with Gasteiger partial charge in [-0.05, 0) is 26.6 Å². The predicted molar refractivity (Wildman–Crippen MR) is 120 cm³/mol. The van der Waals surface area contributed by atoms with Gasteiger partial charge in [0.2, 0.25) is 0 Å². The van der Waals surface area contributed by atoms with Crippen LogP contribution in [0.3, 0.4) is 0 Å². The summed E-state index contributed by atoms with van der Waals surface area (Å²) in [7, 11) is 1.47. The van der Waals surface area contributed by atoms with Crippen molar-refractivity contribution in [2.24, 2.45) is 11.5 Å². The van der Waals surface area contributed by atoms with Crippen molar-refractivity contribution in [3.8, 4) is 0 Å². The molecule has 36 heavy (non-hydrogen) atoms. The Morgan fingerprint density at radius 1 is 1.17 bits per heavy atom. The molecule has 0 amide bonds. The van der Waals surface area contributed by atoms with Gasteiger partial charge in [0.15, 0.2) is 12.5 Å². The van der Waals surface area contributed by atoms with Crippen LogP contribution in [0.2, 0.25) is 0 Å². The minimum atomic E-state index is -1.77. The second-order valence-corrected chi connectivity index (χ2v) is 8.76. The summed E-state index contributed by atoms with van der Waals surface area (Å²) in [6.07, 6.45) is -12.3. The van der Waals surface area contributed by atoms with Crippen molar-refractivity contribution in [2.45, 2.75) is 67.7 Å².